The summed E-state index contributed by atoms with van der Waals surface area (Å²) < 4.78 is 33.7. The van der Waals surface area contributed by atoms with Gasteiger partial charge in [0, 0.05) is 18.7 Å². The number of methoxy groups -OCH3 is 2. The molecule has 0 fully saturated rings. The molecule has 1 rings (SSSR count). The molecule has 0 saturated carbocycles. The van der Waals surface area contributed by atoms with E-state index in [2.05, 4.69) is 0 Å². The average Bonchev–Trinajstić information content (AvgIpc) is 2.36. The molecule has 0 amide bonds. The first kappa shape index (κ1) is 15.9. The van der Waals surface area contributed by atoms with E-state index in [1.165, 1.54) is 7.11 Å². The van der Waals surface area contributed by atoms with Crippen LogP contribution in [0.5, 0.6) is 5.75 Å². The molecule has 5 nitrogen and oxygen atoms in total. The largest absolute Gasteiger partial charge is 0.496 e. The van der Waals surface area contributed by atoms with Gasteiger partial charge in [-0.2, -0.15) is 0 Å². The van der Waals surface area contributed by atoms with Crippen molar-refractivity contribution in [1.82, 2.24) is 0 Å². The lowest BCUT2D eigenvalue weighted by atomic mass is 10.1. The van der Waals surface area contributed by atoms with Crippen molar-refractivity contribution in [3.8, 4) is 5.75 Å². The van der Waals surface area contributed by atoms with E-state index in [0.29, 0.717) is 11.3 Å². The zero-order valence-electron chi connectivity index (χ0n) is 11.5. The molecule has 1 aromatic rings. The molecule has 0 aromatic heterocycles. The standard InChI is InChI=1S/C13H21NO4S/c1-10-4-5-13(18-3)11(8-10)12(14)9-19(15,16)7-6-17-2/h4-5,8,12H,6-7,9,14H2,1-3H3. The Morgan fingerprint density at radius 3 is 2.58 bits per heavy atom. The minimum Gasteiger partial charge on any atom is -0.496 e. The molecule has 1 aromatic carbocycles. The monoisotopic (exact) mass is 287 g/mol. The predicted octanol–water partition coefficient (Wildman–Crippen LogP) is 1.06. The van der Waals surface area contributed by atoms with Gasteiger partial charge >= 0.3 is 0 Å². The highest BCUT2D eigenvalue weighted by Crippen LogP contribution is 2.25. The molecular formula is C13H21NO4S. The van der Waals surface area contributed by atoms with E-state index in [1.807, 2.05) is 19.1 Å². The molecule has 19 heavy (non-hydrogen) atoms. The van der Waals surface area contributed by atoms with Crippen molar-refractivity contribution < 1.29 is 17.9 Å². The number of aryl methyl sites for hydroxylation is 1. The minimum absolute atomic E-state index is 0.0225. The van der Waals surface area contributed by atoms with Crippen LogP contribution < -0.4 is 10.5 Å². The van der Waals surface area contributed by atoms with E-state index in [9.17, 15) is 8.42 Å². The zero-order valence-corrected chi connectivity index (χ0v) is 12.4. The van der Waals surface area contributed by atoms with Gasteiger partial charge in [0.25, 0.3) is 0 Å². The molecule has 0 spiro atoms. The molecule has 1 unspecified atom stereocenters. The van der Waals surface area contributed by atoms with Gasteiger partial charge in [-0.05, 0) is 13.0 Å². The van der Waals surface area contributed by atoms with E-state index in [4.69, 9.17) is 15.2 Å². The van der Waals surface area contributed by atoms with Crippen LogP contribution in [0.4, 0.5) is 0 Å². The highest BCUT2D eigenvalue weighted by molar-refractivity contribution is 7.91. The maximum Gasteiger partial charge on any atom is 0.154 e. The summed E-state index contributed by atoms with van der Waals surface area (Å²) in [6.45, 7) is 2.11. The lowest BCUT2D eigenvalue weighted by Crippen LogP contribution is -2.25. The van der Waals surface area contributed by atoms with Crippen molar-refractivity contribution in [2.75, 3.05) is 32.3 Å². The number of benzene rings is 1. The van der Waals surface area contributed by atoms with Crippen LogP contribution in [-0.2, 0) is 14.6 Å². The van der Waals surface area contributed by atoms with Crippen LogP contribution in [0.3, 0.4) is 0 Å². The highest BCUT2D eigenvalue weighted by Gasteiger charge is 2.20. The maximum absolute atomic E-state index is 11.9. The average molecular weight is 287 g/mol. The molecule has 0 bridgehead atoms. The summed E-state index contributed by atoms with van der Waals surface area (Å²) in [6.07, 6.45) is 0. The Bertz CT molecular complexity index is 513. The third-order valence-electron chi connectivity index (χ3n) is 2.82. The fraction of sp³-hybridized carbons (Fsp3) is 0.538. The fourth-order valence-electron chi connectivity index (χ4n) is 1.80. The summed E-state index contributed by atoms with van der Waals surface area (Å²) in [5, 5.41) is 0. The summed E-state index contributed by atoms with van der Waals surface area (Å²) in [4.78, 5) is 0. The second-order valence-electron chi connectivity index (χ2n) is 4.46. The number of nitrogens with two attached hydrogens (primary N) is 1. The van der Waals surface area contributed by atoms with Crippen molar-refractivity contribution in [3.05, 3.63) is 29.3 Å². The van der Waals surface area contributed by atoms with Crippen LogP contribution >= 0.6 is 0 Å². The van der Waals surface area contributed by atoms with E-state index >= 15 is 0 Å². The quantitative estimate of drug-likeness (QED) is 0.811. The number of ether oxygens (including phenoxy) is 2. The zero-order chi connectivity index (χ0) is 14.5. The van der Waals surface area contributed by atoms with Crippen molar-refractivity contribution in [2.24, 2.45) is 5.73 Å². The summed E-state index contributed by atoms with van der Waals surface area (Å²) in [6, 6.07) is 4.95. The second kappa shape index (κ2) is 6.88. The van der Waals surface area contributed by atoms with Crippen molar-refractivity contribution in [1.29, 1.82) is 0 Å². The topological polar surface area (TPSA) is 78.6 Å². The van der Waals surface area contributed by atoms with Crippen LogP contribution in [0.2, 0.25) is 0 Å². The Balaban J connectivity index is 2.88. The van der Waals surface area contributed by atoms with Gasteiger partial charge in [-0.25, -0.2) is 8.42 Å². The third kappa shape index (κ3) is 4.81. The Labute approximate surface area is 114 Å². The Hall–Kier alpha value is -1.11. The first-order valence-corrected chi connectivity index (χ1v) is 7.81. The molecule has 2 N–H and O–H groups in total. The molecule has 0 aliphatic carbocycles. The van der Waals surface area contributed by atoms with E-state index in [-0.39, 0.29) is 18.1 Å². The van der Waals surface area contributed by atoms with Gasteiger partial charge in [0.2, 0.25) is 0 Å². The molecule has 1 atom stereocenters. The molecular weight excluding hydrogens is 266 g/mol. The van der Waals surface area contributed by atoms with Crippen LogP contribution in [0.1, 0.15) is 17.2 Å². The van der Waals surface area contributed by atoms with Crippen molar-refractivity contribution in [3.63, 3.8) is 0 Å². The Morgan fingerprint density at radius 2 is 2.00 bits per heavy atom. The molecule has 0 aliphatic rings. The van der Waals surface area contributed by atoms with Crippen LogP contribution in [0.15, 0.2) is 18.2 Å². The lowest BCUT2D eigenvalue weighted by Gasteiger charge is -2.16. The van der Waals surface area contributed by atoms with Crippen molar-refractivity contribution >= 4 is 9.84 Å². The van der Waals surface area contributed by atoms with Crippen LogP contribution in [0, 0.1) is 6.92 Å². The lowest BCUT2D eigenvalue weighted by molar-refractivity contribution is 0.217. The Morgan fingerprint density at radius 1 is 1.32 bits per heavy atom. The summed E-state index contributed by atoms with van der Waals surface area (Å²) in [7, 11) is -0.221. The summed E-state index contributed by atoms with van der Waals surface area (Å²) in [5.74, 6) is 0.474. The van der Waals surface area contributed by atoms with Crippen molar-refractivity contribution in [2.45, 2.75) is 13.0 Å². The number of sulfone groups is 1. The minimum atomic E-state index is -3.23. The maximum atomic E-state index is 11.9. The number of hydrogen-bond acceptors (Lipinski definition) is 5. The van der Waals surface area contributed by atoms with Gasteiger partial charge in [-0.15, -0.1) is 0 Å². The smallest absolute Gasteiger partial charge is 0.154 e. The van der Waals surface area contributed by atoms with E-state index < -0.39 is 15.9 Å². The molecule has 0 heterocycles. The third-order valence-corrected chi connectivity index (χ3v) is 4.47. The molecule has 108 valence electrons. The fourth-order valence-corrected chi connectivity index (χ4v) is 3.11. The molecule has 0 aliphatic heterocycles. The normalized spacial score (nSPS) is 13.3. The van der Waals surface area contributed by atoms with Gasteiger partial charge in [0.1, 0.15) is 5.75 Å². The second-order valence-corrected chi connectivity index (χ2v) is 6.69. The summed E-state index contributed by atoms with van der Waals surface area (Å²) in [5.41, 5.74) is 7.72. The number of hydrogen-bond donors (Lipinski definition) is 1. The highest BCUT2D eigenvalue weighted by atomic mass is 32.2. The first-order chi connectivity index (χ1) is 8.89. The SMILES string of the molecule is COCCS(=O)(=O)CC(N)c1cc(C)ccc1OC. The van der Waals surface area contributed by atoms with Crippen LogP contribution in [-0.4, -0.2) is 40.7 Å². The van der Waals surface area contributed by atoms with Gasteiger partial charge in [0.05, 0.1) is 25.2 Å². The van der Waals surface area contributed by atoms with Crippen LogP contribution in [0.25, 0.3) is 0 Å². The first-order valence-electron chi connectivity index (χ1n) is 5.99. The molecule has 6 heteroatoms. The van der Waals surface area contributed by atoms with Gasteiger partial charge in [-0.1, -0.05) is 17.7 Å². The number of rotatable bonds is 7. The van der Waals surface area contributed by atoms with E-state index in [1.54, 1.807) is 13.2 Å². The Kier molecular flexibility index (Phi) is 5.78. The summed E-state index contributed by atoms with van der Waals surface area (Å²) >= 11 is 0. The van der Waals surface area contributed by atoms with E-state index in [0.717, 1.165) is 5.56 Å². The van der Waals surface area contributed by atoms with Gasteiger partial charge in [-0.3, -0.25) is 0 Å². The molecule has 0 radical (unpaired) electrons. The van der Waals surface area contributed by atoms with Gasteiger partial charge < -0.3 is 15.2 Å². The van der Waals surface area contributed by atoms with Gasteiger partial charge in [0.15, 0.2) is 9.84 Å². The predicted molar refractivity (Wildman–Crippen MR) is 75.2 cm³/mol. The molecule has 0 saturated heterocycles.